The third-order valence-corrected chi connectivity index (χ3v) is 6.78. The van der Waals surface area contributed by atoms with Crippen LogP contribution in [0, 0.1) is 17.8 Å². The van der Waals surface area contributed by atoms with Crippen LogP contribution >= 0.6 is 28.3 Å². The average Bonchev–Trinajstić information content (AvgIpc) is 2.89. The van der Waals surface area contributed by atoms with E-state index in [0.717, 1.165) is 30.2 Å². The maximum atomic E-state index is 12.8. The van der Waals surface area contributed by atoms with Crippen molar-refractivity contribution in [3.8, 4) is 0 Å². The van der Waals surface area contributed by atoms with Gasteiger partial charge in [-0.3, -0.25) is 4.79 Å². The Kier molecular flexibility index (Phi) is 5.58. The van der Waals surface area contributed by atoms with E-state index in [9.17, 15) is 4.79 Å². The summed E-state index contributed by atoms with van der Waals surface area (Å²) in [7, 11) is 0. The molecule has 24 heavy (non-hydrogen) atoms. The smallest absolute Gasteiger partial charge is 0.223 e. The summed E-state index contributed by atoms with van der Waals surface area (Å²) in [5.41, 5.74) is 9.02. The number of nitrogens with two attached hydrogens (primary N) is 1. The second-order valence-electron chi connectivity index (χ2n) is 7.64. The van der Waals surface area contributed by atoms with Crippen LogP contribution in [-0.4, -0.2) is 11.9 Å². The van der Waals surface area contributed by atoms with E-state index in [1.807, 2.05) is 0 Å². The Morgan fingerprint density at radius 2 is 1.88 bits per heavy atom. The molecule has 2 saturated carbocycles. The molecule has 3 unspecified atom stereocenters. The zero-order valence-corrected chi connectivity index (χ0v) is 16.2. The normalized spacial score (nSPS) is 34.2. The van der Waals surface area contributed by atoms with Crippen LogP contribution in [0.5, 0.6) is 0 Å². The molecule has 0 aromatic heterocycles. The van der Waals surface area contributed by atoms with Crippen LogP contribution in [0.25, 0.3) is 0 Å². The summed E-state index contributed by atoms with van der Waals surface area (Å²) in [6, 6.07) is 6.94. The molecule has 132 valence electrons. The number of rotatable bonds is 2. The highest BCUT2D eigenvalue weighted by Crippen LogP contribution is 2.42. The van der Waals surface area contributed by atoms with Crippen LogP contribution in [0.15, 0.2) is 22.7 Å². The van der Waals surface area contributed by atoms with Crippen LogP contribution < -0.4 is 11.1 Å². The molecule has 3 N–H and O–H groups in total. The lowest BCUT2D eigenvalue weighted by Gasteiger charge is -2.43. The molecule has 4 rings (SSSR count). The van der Waals surface area contributed by atoms with Crippen LogP contribution in [0.1, 0.15) is 55.7 Å². The fourth-order valence-electron chi connectivity index (χ4n) is 5.03. The predicted molar refractivity (Wildman–Crippen MR) is 102 cm³/mol. The quantitative estimate of drug-likeness (QED) is 0.766. The lowest BCUT2D eigenvalue weighted by atomic mass is 9.65. The maximum absolute atomic E-state index is 12.8. The SMILES string of the molecule is Cl.NC1C2CCCC1CC(C(=O)NC1CCc3cc(Br)ccc31)C2. The van der Waals surface area contributed by atoms with Crippen LogP contribution in [0.4, 0.5) is 0 Å². The Bertz CT molecular complexity index is 609. The van der Waals surface area contributed by atoms with Gasteiger partial charge in [0.2, 0.25) is 5.91 Å². The van der Waals surface area contributed by atoms with Crippen molar-refractivity contribution in [2.24, 2.45) is 23.5 Å². The summed E-state index contributed by atoms with van der Waals surface area (Å²) in [5, 5.41) is 3.33. The monoisotopic (exact) mass is 412 g/mol. The van der Waals surface area contributed by atoms with Gasteiger partial charge in [-0.15, -0.1) is 12.4 Å². The van der Waals surface area contributed by atoms with Gasteiger partial charge in [-0.2, -0.15) is 0 Å². The topological polar surface area (TPSA) is 55.1 Å². The molecular formula is C19H26BrClN2O. The first kappa shape index (κ1) is 18.2. The zero-order valence-electron chi connectivity index (χ0n) is 13.8. The second kappa shape index (κ2) is 7.35. The molecule has 0 aliphatic heterocycles. The standard InChI is InChI=1S/C19H25BrN2O.ClH/c20-15-5-6-16-11(10-15)4-7-17(16)22-19(23)14-8-12-2-1-3-13(9-14)18(12)21;/h5-6,10,12-14,17-18H,1-4,7-9,21H2,(H,22,23);1H. The van der Waals surface area contributed by atoms with Gasteiger partial charge in [0, 0.05) is 16.4 Å². The van der Waals surface area contributed by atoms with Crippen LogP contribution in [0.3, 0.4) is 0 Å². The fraction of sp³-hybridized carbons (Fsp3) is 0.632. The summed E-state index contributed by atoms with van der Waals surface area (Å²) in [6.45, 7) is 0. The van der Waals surface area contributed by atoms with Crippen molar-refractivity contribution < 1.29 is 4.79 Å². The number of carbonyl (C=O) groups is 1. The van der Waals surface area contributed by atoms with Crippen LogP contribution in [0.2, 0.25) is 0 Å². The molecule has 0 saturated heterocycles. The number of halogens is 2. The van der Waals surface area contributed by atoms with Crippen molar-refractivity contribution in [1.29, 1.82) is 0 Å². The fourth-order valence-corrected chi connectivity index (χ4v) is 5.44. The number of aryl methyl sites for hydroxylation is 1. The highest BCUT2D eigenvalue weighted by molar-refractivity contribution is 9.10. The zero-order chi connectivity index (χ0) is 16.0. The molecule has 1 aromatic carbocycles. The first-order chi connectivity index (χ1) is 11.1. The molecule has 0 heterocycles. The molecule has 0 radical (unpaired) electrons. The first-order valence-corrected chi connectivity index (χ1v) is 9.75. The molecule has 3 nitrogen and oxygen atoms in total. The van der Waals surface area contributed by atoms with Crippen molar-refractivity contribution in [3.05, 3.63) is 33.8 Å². The first-order valence-electron chi connectivity index (χ1n) is 8.96. The van der Waals surface area contributed by atoms with Gasteiger partial charge in [0.25, 0.3) is 0 Å². The molecule has 0 spiro atoms. The highest BCUT2D eigenvalue weighted by atomic mass is 79.9. The number of amides is 1. The van der Waals surface area contributed by atoms with E-state index in [1.54, 1.807) is 0 Å². The van der Waals surface area contributed by atoms with E-state index in [4.69, 9.17) is 5.73 Å². The van der Waals surface area contributed by atoms with E-state index in [2.05, 4.69) is 39.4 Å². The van der Waals surface area contributed by atoms with Crippen molar-refractivity contribution in [1.82, 2.24) is 5.32 Å². The lowest BCUT2D eigenvalue weighted by Crippen LogP contribution is -2.49. The minimum atomic E-state index is 0. The average molecular weight is 414 g/mol. The molecule has 2 bridgehead atoms. The van der Waals surface area contributed by atoms with Gasteiger partial charge in [0.05, 0.1) is 6.04 Å². The van der Waals surface area contributed by atoms with Gasteiger partial charge < -0.3 is 11.1 Å². The van der Waals surface area contributed by atoms with Gasteiger partial charge in [0.15, 0.2) is 0 Å². The van der Waals surface area contributed by atoms with Crippen molar-refractivity contribution in [2.75, 3.05) is 0 Å². The minimum absolute atomic E-state index is 0. The molecule has 3 aliphatic carbocycles. The molecule has 3 aliphatic rings. The number of carbonyl (C=O) groups excluding carboxylic acids is 1. The molecule has 5 heteroatoms. The Balaban J connectivity index is 0.00000169. The van der Waals surface area contributed by atoms with E-state index < -0.39 is 0 Å². The van der Waals surface area contributed by atoms with Gasteiger partial charge in [-0.1, -0.05) is 28.4 Å². The van der Waals surface area contributed by atoms with Crippen LogP contribution in [-0.2, 0) is 11.2 Å². The summed E-state index contributed by atoms with van der Waals surface area (Å²) < 4.78 is 1.12. The number of hydrogen-bond acceptors (Lipinski definition) is 2. The van der Waals surface area contributed by atoms with Gasteiger partial charge in [-0.05, 0) is 73.6 Å². The van der Waals surface area contributed by atoms with E-state index in [-0.39, 0.29) is 30.3 Å². The summed E-state index contributed by atoms with van der Waals surface area (Å²) >= 11 is 3.53. The molecular weight excluding hydrogens is 388 g/mol. The Hall–Kier alpha value is -0.580. The minimum Gasteiger partial charge on any atom is -0.349 e. The summed E-state index contributed by atoms with van der Waals surface area (Å²) in [6.07, 6.45) is 7.77. The molecule has 3 atom stereocenters. The Labute approximate surface area is 158 Å². The maximum Gasteiger partial charge on any atom is 0.223 e. The van der Waals surface area contributed by atoms with Crippen molar-refractivity contribution in [3.63, 3.8) is 0 Å². The summed E-state index contributed by atoms with van der Waals surface area (Å²) in [4.78, 5) is 12.8. The third-order valence-electron chi connectivity index (χ3n) is 6.28. The Morgan fingerprint density at radius 1 is 1.17 bits per heavy atom. The Morgan fingerprint density at radius 3 is 2.58 bits per heavy atom. The van der Waals surface area contributed by atoms with Crippen molar-refractivity contribution >= 4 is 34.2 Å². The van der Waals surface area contributed by atoms with Crippen molar-refractivity contribution in [2.45, 2.75) is 57.0 Å². The lowest BCUT2D eigenvalue weighted by molar-refractivity contribution is -0.128. The van der Waals surface area contributed by atoms with E-state index in [1.165, 1.54) is 30.4 Å². The largest absolute Gasteiger partial charge is 0.349 e. The van der Waals surface area contributed by atoms with Gasteiger partial charge in [0.1, 0.15) is 0 Å². The summed E-state index contributed by atoms with van der Waals surface area (Å²) in [5.74, 6) is 1.55. The number of nitrogens with one attached hydrogen (secondary N) is 1. The van der Waals surface area contributed by atoms with Gasteiger partial charge >= 0.3 is 0 Å². The predicted octanol–water partition coefficient (Wildman–Crippen LogP) is 4.13. The second-order valence-corrected chi connectivity index (χ2v) is 8.56. The van der Waals surface area contributed by atoms with E-state index >= 15 is 0 Å². The van der Waals surface area contributed by atoms with Gasteiger partial charge in [-0.25, -0.2) is 0 Å². The number of fused-ring (bicyclic) bond motifs is 3. The number of benzene rings is 1. The molecule has 2 fully saturated rings. The molecule has 1 aromatic rings. The number of hydrogen-bond donors (Lipinski definition) is 2. The molecule has 1 amide bonds. The highest BCUT2D eigenvalue weighted by Gasteiger charge is 2.41. The third kappa shape index (κ3) is 3.38. The van der Waals surface area contributed by atoms with E-state index in [0.29, 0.717) is 17.9 Å².